The quantitative estimate of drug-likeness (QED) is 0.227. The van der Waals surface area contributed by atoms with E-state index in [1.807, 2.05) is 0 Å². The number of carbonyl (C=O) groups is 4. The molecule has 10 nitrogen and oxygen atoms in total. The van der Waals surface area contributed by atoms with Crippen LogP contribution in [0, 0.1) is 0 Å². The standard InChI is InChI=1S/C27H36N4O6/c1-36-22-14-10-20(11-15-22)18-26(34)30-28-24(32)8-6-4-3-5-7-9-25(33)29-31-27(35)19-21-12-16-23(37-2)17-13-21/h10-17H,3-9,18-19H2,1-2H3,(H,28,32)(H,29,33)(H,30,34)(H,31,35). The van der Waals surface area contributed by atoms with Gasteiger partial charge in [0.05, 0.1) is 27.1 Å². The summed E-state index contributed by atoms with van der Waals surface area (Å²) in [5.74, 6) is 0.347. The Balaban J connectivity index is 1.45. The van der Waals surface area contributed by atoms with Gasteiger partial charge in [-0.1, -0.05) is 43.5 Å². The fourth-order valence-corrected chi connectivity index (χ4v) is 3.45. The van der Waals surface area contributed by atoms with Crippen molar-refractivity contribution in [3.05, 3.63) is 59.7 Å². The van der Waals surface area contributed by atoms with Crippen LogP contribution in [0.2, 0.25) is 0 Å². The number of unbranched alkanes of at least 4 members (excludes halogenated alkanes) is 4. The van der Waals surface area contributed by atoms with Crippen LogP contribution in [0.4, 0.5) is 0 Å². The lowest BCUT2D eigenvalue weighted by Gasteiger charge is -2.08. The third-order valence-electron chi connectivity index (χ3n) is 5.54. The zero-order valence-corrected chi connectivity index (χ0v) is 21.4. The first-order valence-corrected chi connectivity index (χ1v) is 12.3. The zero-order chi connectivity index (χ0) is 26.9. The van der Waals surface area contributed by atoms with E-state index in [1.54, 1.807) is 62.8 Å². The maximum absolute atomic E-state index is 11.9. The number of ether oxygens (including phenoxy) is 2. The molecule has 0 saturated heterocycles. The van der Waals surface area contributed by atoms with E-state index in [2.05, 4.69) is 21.7 Å². The van der Waals surface area contributed by atoms with Crippen molar-refractivity contribution in [1.82, 2.24) is 21.7 Å². The molecule has 0 aliphatic rings. The predicted molar refractivity (Wildman–Crippen MR) is 138 cm³/mol. The third kappa shape index (κ3) is 12.4. The van der Waals surface area contributed by atoms with Crippen LogP contribution in [0.5, 0.6) is 11.5 Å². The Labute approximate surface area is 217 Å². The number of carbonyl (C=O) groups excluding carboxylic acids is 4. The minimum atomic E-state index is -0.297. The number of rotatable bonds is 14. The van der Waals surface area contributed by atoms with Gasteiger partial charge in [0.1, 0.15) is 11.5 Å². The Bertz CT molecular complexity index is 927. The highest BCUT2D eigenvalue weighted by atomic mass is 16.5. The Morgan fingerprint density at radius 1 is 0.514 bits per heavy atom. The van der Waals surface area contributed by atoms with Crippen LogP contribution in [0.1, 0.15) is 56.1 Å². The van der Waals surface area contributed by atoms with Gasteiger partial charge in [-0.05, 0) is 48.2 Å². The highest BCUT2D eigenvalue weighted by Gasteiger charge is 2.08. The van der Waals surface area contributed by atoms with Gasteiger partial charge in [0.2, 0.25) is 23.6 Å². The fourth-order valence-electron chi connectivity index (χ4n) is 3.45. The van der Waals surface area contributed by atoms with Crippen LogP contribution < -0.4 is 31.2 Å². The lowest BCUT2D eigenvalue weighted by atomic mass is 10.1. The molecule has 0 bridgehead atoms. The summed E-state index contributed by atoms with van der Waals surface area (Å²) in [5, 5.41) is 0. The number of methoxy groups -OCH3 is 2. The predicted octanol–water partition coefficient (Wildman–Crippen LogP) is 2.51. The van der Waals surface area contributed by atoms with Crippen molar-refractivity contribution in [2.45, 2.75) is 57.8 Å². The molecule has 37 heavy (non-hydrogen) atoms. The maximum Gasteiger partial charge on any atom is 0.242 e. The molecule has 0 unspecified atom stereocenters. The number of benzene rings is 2. The summed E-state index contributed by atoms with van der Waals surface area (Å²) in [6, 6.07) is 14.3. The monoisotopic (exact) mass is 512 g/mol. The molecular formula is C27H36N4O6. The van der Waals surface area contributed by atoms with E-state index in [0.29, 0.717) is 37.2 Å². The van der Waals surface area contributed by atoms with Crippen molar-refractivity contribution < 1.29 is 28.7 Å². The average Bonchev–Trinajstić information content (AvgIpc) is 2.91. The number of hydrogen-bond donors (Lipinski definition) is 4. The molecule has 2 aromatic carbocycles. The van der Waals surface area contributed by atoms with Gasteiger partial charge in [0.25, 0.3) is 0 Å². The lowest BCUT2D eigenvalue weighted by Crippen LogP contribution is -2.42. The molecule has 0 fully saturated rings. The van der Waals surface area contributed by atoms with E-state index in [0.717, 1.165) is 30.4 Å². The molecule has 0 radical (unpaired) electrons. The highest BCUT2D eigenvalue weighted by molar-refractivity contribution is 5.83. The van der Waals surface area contributed by atoms with Gasteiger partial charge < -0.3 is 9.47 Å². The molecule has 0 aliphatic carbocycles. The Hall–Kier alpha value is -4.08. The van der Waals surface area contributed by atoms with Gasteiger partial charge in [-0.3, -0.25) is 40.9 Å². The van der Waals surface area contributed by atoms with Crippen LogP contribution in [0.15, 0.2) is 48.5 Å². The summed E-state index contributed by atoms with van der Waals surface area (Å²) in [7, 11) is 3.15. The van der Waals surface area contributed by atoms with E-state index in [1.165, 1.54) is 0 Å². The Morgan fingerprint density at radius 2 is 0.838 bits per heavy atom. The first-order chi connectivity index (χ1) is 17.9. The second-order valence-corrected chi connectivity index (χ2v) is 8.51. The Kier molecular flexibility index (Phi) is 13.1. The van der Waals surface area contributed by atoms with Crippen molar-refractivity contribution in [2.24, 2.45) is 0 Å². The van der Waals surface area contributed by atoms with Crippen LogP contribution in [-0.2, 0) is 32.0 Å². The average molecular weight is 513 g/mol. The topological polar surface area (TPSA) is 135 Å². The minimum absolute atomic E-state index is 0.157. The van der Waals surface area contributed by atoms with Crippen molar-refractivity contribution in [1.29, 1.82) is 0 Å². The minimum Gasteiger partial charge on any atom is -0.497 e. The molecule has 0 aliphatic heterocycles. The van der Waals surface area contributed by atoms with Crippen LogP contribution in [0.3, 0.4) is 0 Å². The lowest BCUT2D eigenvalue weighted by molar-refractivity contribution is -0.128. The molecule has 200 valence electrons. The van der Waals surface area contributed by atoms with Gasteiger partial charge >= 0.3 is 0 Å². The summed E-state index contributed by atoms with van der Waals surface area (Å²) in [6.07, 6.45) is 4.87. The molecule has 0 aromatic heterocycles. The largest absolute Gasteiger partial charge is 0.497 e. The van der Waals surface area contributed by atoms with E-state index >= 15 is 0 Å². The fraction of sp³-hybridized carbons (Fsp3) is 0.407. The molecule has 4 amide bonds. The summed E-state index contributed by atoms with van der Waals surface area (Å²) in [5.41, 5.74) is 11.3. The van der Waals surface area contributed by atoms with Gasteiger partial charge in [-0.25, -0.2) is 0 Å². The number of hydrogen-bond acceptors (Lipinski definition) is 6. The SMILES string of the molecule is COc1ccc(CC(=O)NNC(=O)CCCCCCCC(=O)NNC(=O)Cc2ccc(OC)cc2)cc1. The van der Waals surface area contributed by atoms with Gasteiger partial charge in [0.15, 0.2) is 0 Å². The summed E-state index contributed by atoms with van der Waals surface area (Å²) in [4.78, 5) is 47.7. The molecule has 2 rings (SSSR count). The molecule has 0 heterocycles. The Morgan fingerprint density at radius 3 is 1.19 bits per heavy atom. The summed E-state index contributed by atoms with van der Waals surface area (Å²) in [6.45, 7) is 0. The first-order valence-electron chi connectivity index (χ1n) is 12.3. The van der Waals surface area contributed by atoms with Crippen LogP contribution >= 0.6 is 0 Å². The van der Waals surface area contributed by atoms with Crippen molar-refractivity contribution in [3.63, 3.8) is 0 Å². The molecule has 10 heteroatoms. The molecule has 2 aromatic rings. The molecule has 0 atom stereocenters. The normalized spacial score (nSPS) is 10.2. The van der Waals surface area contributed by atoms with E-state index in [4.69, 9.17) is 9.47 Å². The number of hydrazine groups is 2. The molecule has 0 spiro atoms. The maximum atomic E-state index is 11.9. The highest BCUT2D eigenvalue weighted by Crippen LogP contribution is 2.12. The van der Waals surface area contributed by atoms with Crippen LogP contribution in [-0.4, -0.2) is 37.8 Å². The van der Waals surface area contributed by atoms with Gasteiger partial charge in [-0.15, -0.1) is 0 Å². The first kappa shape index (κ1) is 29.2. The molecule has 0 saturated carbocycles. The number of amides is 4. The smallest absolute Gasteiger partial charge is 0.242 e. The van der Waals surface area contributed by atoms with Gasteiger partial charge in [-0.2, -0.15) is 0 Å². The second-order valence-electron chi connectivity index (χ2n) is 8.51. The number of nitrogens with one attached hydrogen (secondary N) is 4. The van der Waals surface area contributed by atoms with E-state index < -0.39 is 0 Å². The van der Waals surface area contributed by atoms with Crippen molar-refractivity contribution >= 4 is 23.6 Å². The summed E-state index contributed by atoms with van der Waals surface area (Å²) >= 11 is 0. The molecule has 4 N–H and O–H groups in total. The zero-order valence-electron chi connectivity index (χ0n) is 21.4. The second kappa shape index (κ2) is 16.6. The van der Waals surface area contributed by atoms with Crippen LogP contribution in [0.25, 0.3) is 0 Å². The van der Waals surface area contributed by atoms with Gasteiger partial charge in [0, 0.05) is 12.8 Å². The third-order valence-corrected chi connectivity index (χ3v) is 5.54. The van der Waals surface area contributed by atoms with E-state index in [9.17, 15) is 19.2 Å². The summed E-state index contributed by atoms with van der Waals surface area (Å²) < 4.78 is 10.2. The van der Waals surface area contributed by atoms with Crippen molar-refractivity contribution in [2.75, 3.05) is 14.2 Å². The van der Waals surface area contributed by atoms with Crippen molar-refractivity contribution in [3.8, 4) is 11.5 Å². The molecular weight excluding hydrogens is 476 g/mol. The van der Waals surface area contributed by atoms with E-state index in [-0.39, 0.29) is 36.5 Å².